The van der Waals surface area contributed by atoms with Crippen LogP contribution in [0, 0.1) is 18.7 Å². The number of hydrogen-bond donors (Lipinski definition) is 0. The Morgan fingerprint density at radius 2 is 1.63 bits per heavy atom. The number of fused-ring (bicyclic) bond motifs is 1. The van der Waals surface area contributed by atoms with Crippen LogP contribution in [0.4, 0.5) is 14.9 Å². The fourth-order valence-electron chi connectivity index (χ4n) is 4.71. The molecule has 0 radical (unpaired) electrons. The van der Waals surface area contributed by atoms with Gasteiger partial charge < -0.3 is 14.7 Å². The van der Waals surface area contributed by atoms with Crippen molar-refractivity contribution in [3.8, 4) is 0 Å². The summed E-state index contributed by atoms with van der Waals surface area (Å²) < 4.78 is 14.6. The zero-order chi connectivity index (χ0) is 19.0. The molecule has 3 aliphatic heterocycles. The highest BCUT2D eigenvalue weighted by molar-refractivity contribution is 5.96. The summed E-state index contributed by atoms with van der Waals surface area (Å²) in [6, 6.07) is 3.62. The number of aryl methyl sites for hydroxylation is 2. The Morgan fingerprint density at radius 3 is 2.33 bits per heavy atom. The second-order valence-corrected chi connectivity index (χ2v) is 8.09. The number of amides is 3. The lowest BCUT2D eigenvalue weighted by Gasteiger charge is -2.37. The lowest BCUT2D eigenvalue weighted by Crippen LogP contribution is -2.49. The molecule has 0 saturated carbocycles. The summed E-state index contributed by atoms with van der Waals surface area (Å²) in [5, 5.41) is 0. The molecule has 0 atom stereocenters. The van der Waals surface area contributed by atoms with E-state index in [0.29, 0.717) is 38.2 Å². The number of nitrogens with zero attached hydrogens (tertiary/aromatic N) is 3. The molecule has 1 aromatic carbocycles. The van der Waals surface area contributed by atoms with Gasteiger partial charge in [-0.05, 0) is 62.6 Å². The van der Waals surface area contributed by atoms with Gasteiger partial charge in [0.2, 0.25) is 5.91 Å². The quantitative estimate of drug-likeness (QED) is 0.758. The predicted octanol–water partition coefficient (Wildman–Crippen LogP) is 3.34. The van der Waals surface area contributed by atoms with E-state index in [-0.39, 0.29) is 23.7 Å². The first-order valence-corrected chi connectivity index (χ1v) is 10.2. The average Bonchev–Trinajstić information content (AvgIpc) is 3.21. The van der Waals surface area contributed by atoms with Crippen molar-refractivity contribution in [1.29, 1.82) is 0 Å². The predicted molar refractivity (Wildman–Crippen MR) is 102 cm³/mol. The third-order valence-electron chi connectivity index (χ3n) is 6.14. The molecule has 0 aliphatic carbocycles. The van der Waals surface area contributed by atoms with E-state index in [0.717, 1.165) is 49.9 Å². The van der Waals surface area contributed by atoms with Crippen molar-refractivity contribution >= 4 is 17.6 Å². The Bertz CT molecular complexity index is 737. The van der Waals surface area contributed by atoms with E-state index >= 15 is 0 Å². The van der Waals surface area contributed by atoms with Crippen LogP contribution in [0.2, 0.25) is 0 Å². The van der Waals surface area contributed by atoms with Gasteiger partial charge in [0.15, 0.2) is 0 Å². The normalized spacial score (nSPS) is 20.7. The first-order valence-electron chi connectivity index (χ1n) is 10.2. The highest BCUT2D eigenvalue weighted by atomic mass is 19.1. The molecule has 2 saturated heterocycles. The molecule has 0 unspecified atom stereocenters. The Labute approximate surface area is 160 Å². The number of piperidine rings is 1. The summed E-state index contributed by atoms with van der Waals surface area (Å²) in [7, 11) is 0. The van der Waals surface area contributed by atoms with E-state index in [2.05, 4.69) is 0 Å². The molecule has 6 heteroatoms. The topological polar surface area (TPSA) is 43.9 Å². The second-order valence-electron chi connectivity index (χ2n) is 8.09. The average molecular weight is 373 g/mol. The molecular weight excluding hydrogens is 345 g/mol. The number of rotatable bonds is 1. The molecule has 0 N–H and O–H groups in total. The van der Waals surface area contributed by atoms with Gasteiger partial charge in [0.05, 0.1) is 5.69 Å². The van der Waals surface area contributed by atoms with E-state index in [1.165, 1.54) is 6.07 Å². The van der Waals surface area contributed by atoms with Crippen LogP contribution in [0.1, 0.15) is 43.2 Å². The number of carbonyl (C=O) groups excluding carboxylic acids is 2. The molecule has 5 nitrogen and oxygen atoms in total. The van der Waals surface area contributed by atoms with Crippen LogP contribution >= 0.6 is 0 Å². The van der Waals surface area contributed by atoms with Crippen LogP contribution in [0.15, 0.2) is 12.1 Å². The Hall–Kier alpha value is -2.11. The fraction of sp³-hybridized carbons (Fsp3) is 0.619. The van der Waals surface area contributed by atoms with Gasteiger partial charge in [-0.25, -0.2) is 9.18 Å². The highest BCUT2D eigenvalue weighted by Crippen LogP contribution is 2.33. The minimum atomic E-state index is -0.292. The molecule has 0 bridgehead atoms. The maximum absolute atomic E-state index is 14.6. The first-order chi connectivity index (χ1) is 13.0. The standard InChI is InChI=1S/C21H28FN3O2/c1-15-13-17-5-4-10-25(19(17)18(22)14-15)20(26)16-6-11-24(12-7-16)21(27)23-8-2-3-9-23/h13-14,16H,2-12H2,1H3. The first kappa shape index (κ1) is 18.3. The Balaban J connectivity index is 1.43. The third kappa shape index (κ3) is 3.54. The zero-order valence-corrected chi connectivity index (χ0v) is 16.0. The molecule has 3 heterocycles. The molecule has 4 rings (SSSR count). The van der Waals surface area contributed by atoms with Crippen molar-refractivity contribution in [1.82, 2.24) is 9.80 Å². The Morgan fingerprint density at radius 1 is 0.963 bits per heavy atom. The van der Waals surface area contributed by atoms with Gasteiger partial charge in [-0.15, -0.1) is 0 Å². The van der Waals surface area contributed by atoms with Crippen LogP contribution in [0.25, 0.3) is 0 Å². The minimum absolute atomic E-state index is 0.0203. The maximum atomic E-state index is 14.6. The number of carbonyl (C=O) groups is 2. The summed E-state index contributed by atoms with van der Waals surface area (Å²) in [5.74, 6) is -0.397. The molecule has 0 spiro atoms. The minimum Gasteiger partial charge on any atom is -0.325 e. The summed E-state index contributed by atoms with van der Waals surface area (Å²) >= 11 is 0. The number of likely N-dealkylation sites (tertiary alicyclic amines) is 2. The Kier molecular flexibility index (Phi) is 5.06. The van der Waals surface area contributed by atoms with Gasteiger partial charge >= 0.3 is 6.03 Å². The van der Waals surface area contributed by atoms with Crippen molar-refractivity contribution in [2.24, 2.45) is 5.92 Å². The number of benzene rings is 1. The van der Waals surface area contributed by atoms with Gasteiger partial charge in [-0.2, -0.15) is 0 Å². The second kappa shape index (κ2) is 7.49. The summed E-state index contributed by atoms with van der Waals surface area (Å²) in [4.78, 5) is 31.1. The SMILES string of the molecule is Cc1cc(F)c2c(c1)CCCN2C(=O)C1CCN(C(=O)N2CCCC2)CC1. The smallest absolute Gasteiger partial charge is 0.319 e. The van der Waals surface area contributed by atoms with Crippen molar-refractivity contribution in [2.45, 2.75) is 45.4 Å². The molecule has 3 aliphatic rings. The fourth-order valence-corrected chi connectivity index (χ4v) is 4.71. The van der Waals surface area contributed by atoms with E-state index in [4.69, 9.17) is 0 Å². The molecule has 146 valence electrons. The summed E-state index contributed by atoms with van der Waals surface area (Å²) in [6.45, 7) is 5.39. The number of anilines is 1. The molecule has 27 heavy (non-hydrogen) atoms. The molecule has 2 fully saturated rings. The zero-order valence-electron chi connectivity index (χ0n) is 16.0. The molecule has 1 aromatic rings. The lowest BCUT2D eigenvalue weighted by molar-refractivity contribution is -0.123. The number of urea groups is 1. The van der Waals surface area contributed by atoms with E-state index in [1.807, 2.05) is 22.8 Å². The van der Waals surface area contributed by atoms with E-state index in [9.17, 15) is 14.0 Å². The maximum Gasteiger partial charge on any atom is 0.319 e. The van der Waals surface area contributed by atoms with Crippen molar-refractivity contribution in [2.75, 3.05) is 37.6 Å². The van der Waals surface area contributed by atoms with Crippen LogP contribution in [0.5, 0.6) is 0 Å². The van der Waals surface area contributed by atoms with Crippen molar-refractivity contribution in [3.05, 3.63) is 29.1 Å². The number of hydrogen-bond acceptors (Lipinski definition) is 2. The monoisotopic (exact) mass is 373 g/mol. The third-order valence-corrected chi connectivity index (χ3v) is 6.14. The van der Waals surface area contributed by atoms with Gasteiger partial charge in [0.25, 0.3) is 0 Å². The van der Waals surface area contributed by atoms with E-state index < -0.39 is 0 Å². The van der Waals surface area contributed by atoms with Gasteiger partial charge in [0, 0.05) is 38.6 Å². The van der Waals surface area contributed by atoms with Crippen LogP contribution in [-0.2, 0) is 11.2 Å². The lowest BCUT2D eigenvalue weighted by atomic mass is 9.92. The number of halogens is 1. The summed E-state index contributed by atoms with van der Waals surface area (Å²) in [5.41, 5.74) is 2.32. The van der Waals surface area contributed by atoms with E-state index in [1.54, 1.807) is 4.90 Å². The van der Waals surface area contributed by atoms with Crippen LogP contribution in [0.3, 0.4) is 0 Å². The molecule has 0 aromatic heterocycles. The van der Waals surface area contributed by atoms with Crippen molar-refractivity contribution in [3.63, 3.8) is 0 Å². The summed E-state index contributed by atoms with van der Waals surface area (Å²) in [6.07, 6.45) is 5.18. The molecular formula is C21H28FN3O2. The van der Waals surface area contributed by atoms with Gasteiger partial charge in [0.1, 0.15) is 5.82 Å². The largest absolute Gasteiger partial charge is 0.325 e. The molecule has 3 amide bonds. The van der Waals surface area contributed by atoms with Crippen LogP contribution in [-0.4, -0.2) is 54.5 Å². The van der Waals surface area contributed by atoms with Gasteiger partial charge in [-0.1, -0.05) is 6.07 Å². The van der Waals surface area contributed by atoms with Crippen LogP contribution < -0.4 is 4.90 Å². The highest BCUT2D eigenvalue weighted by Gasteiger charge is 2.35. The van der Waals surface area contributed by atoms with Gasteiger partial charge in [-0.3, -0.25) is 4.79 Å². The van der Waals surface area contributed by atoms with Crippen molar-refractivity contribution < 1.29 is 14.0 Å².